The van der Waals surface area contributed by atoms with E-state index in [1.54, 1.807) is 6.07 Å². The Hall–Kier alpha value is -5.02. The summed E-state index contributed by atoms with van der Waals surface area (Å²) in [4.78, 5) is 75.5. The Morgan fingerprint density at radius 1 is 0.825 bits per heavy atom. The van der Waals surface area contributed by atoms with Crippen LogP contribution in [0.1, 0.15) is 102 Å². The fourth-order valence-corrected chi connectivity index (χ4v) is 7.14. The van der Waals surface area contributed by atoms with Crippen LogP contribution in [0.2, 0.25) is 0 Å². The van der Waals surface area contributed by atoms with Gasteiger partial charge in [0.05, 0.1) is 6.04 Å². The van der Waals surface area contributed by atoms with Crippen LogP contribution in [0.3, 0.4) is 0 Å². The molecule has 3 rings (SSSR count). The van der Waals surface area contributed by atoms with Gasteiger partial charge in [0, 0.05) is 51.6 Å². The molecule has 0 bridgehead atoms. The Morgan fingerprint density at radius 3 is 2.16 bits per heavy atom. The van der Waals surface area contributed by atoms with E-state index in [4.69, 9.17) is 11.5 Å². The van der Waals surface area contributed by atoms with E-state index in [0.717, 1.165) is 50.8 Å². The number of benzene rings is 2. The highest BCUT2D eigenvalue weighted by atomic mass is 16.3. The Kier molecular flexibility index (Phi) is 20.0. The van der Waals surface area contributed by atoms with Gasteiger partial charge in [-0.1, -0.05) is 31.2 Å². The molecular weight excluding hydrogens is 729 g/mol. The first-order valence-corrected chi connectivity index (χ1v) is 20.3. The lowest BCUT2D eigenvalue weighted by atomic mass is 9.86. The number of carbonyl (C=O) groups is 6. The number of nitrogens with two attached hydrogens (primary N) is 2. The molecule has 57 heavy (non-hydrogen) atoms. The number of primary amides is 1. The lowest BCUT2D eigenvalue weighted by Crippen LogP contribution is -2.52. The molecule has 1 aliphatic rings. The highest BCUT2D eigenvalue weighted by molar-refractivity contribution is 5.92. The molecule has 1 aliphatic carbocycles. The minimum absolute atomic E-state index is 0.0688. The number of phenolic OH excluding ortho intramolecular Hbond substituents is 1. The zero-order valence-electron chi connectivity index (χ0n) is 33.9. The van der Waals surface area contributed by atoms with Gasteiger partial charge < -0.3 is 43.2 Å². The molecule has 0 saturated heterocycles. The second kappa shape index (κ2) is 24.6. The van der Waals surface area contributed by atoms with E-state index >= 15 is 0 Å². The van der Waals surface area contributed by atoms with Crippen molar-refractivity contribution in [3.63, 3.8) is 0 Å². The van der Waals surface area contributed by atoms with Gasteiger partial charge >= 0.3 is 0 Å². The van der Waals surface area contributed by atoms with Gasteiger partial charge in [-0.25, -0.2) is 0 Å². The lowest BCUT2D eigenvalue weighted by molar-refractivity contribution is -0.131. The van der Waals surface area contributed by atoms with E-state index in [-0.39, 0.29) is 43.5 Å². The second-order valence-electron chi connectivity index (χ2n) is 15.0. The van der Waals surface area contributed by atoms with Crippen molar-refractivity contribution in [2.24, 2.45) is 11.5 Å². The number of amides is 6. The van der Waals surface area contributed by atoms with Crippen molar-refractivity contribution in [1.29, 1.82) is 0 Å². The van der Waals surface area contributed by atoms with Gasteiger partial charge in [-0.15, -0.1) is 0 Å². The summed E-state index contributed by atoms with van der Waals surface area (Å²) in [5.74, 6) is -2.01. The van der Waals surface area contributed by atoms with Gasteiger partial charge in [0.1, 0.15) is 17.8 Å². The molecule has 10 N–H and O–H groups in total. The van der Waals surface area contributed by atoms with Crippen LogP contribution in [0.25, 0.3) is 0 Å². The maximum Gasteiger partial charge on any atom is 0.243 e. The summed E-state index contributed by atoms with van der Waals surface area (Å²) >= 11 is 0. The average Bonchev–Trinajstić information content (AvgIpc) is 3.17. The van der Waals surface area contributed by atoms with E-state index in [1.807, 2.05) is 30.3 Å². The van der Waals surface area contributed by atoms with Crippen LogP contribution in [0.5, 0.6) is 5.75 Å². The largest absolute Gasteiger partial charge is 0.508 e. The van der Waals surface area contributed by atoms with E-state index in [1.165, 1.54) is 25.0 Å². The Balaban J connectivity index is 1.33. The molecule has 6 amide bonds. The number of rotatable bonds is 25. The summed E-state index contributed by atoms with van der Waals surface area (Å²) in [6.07, 6.45) is 7.72. The number of phenols is 1. The van der Waals surface area contributed by atoms with Crippen LogP contribution in [-0.2, 0) is 48.0 Å². The molecule has 15 nitrogen and oxygen atoms in total. The maximum atomic E-state index is 12.9. The Morgan fingerprint density at radius 2 is 1.51 bits per heavy atom. The molecule has 2 aromatic carbocycles. The standard InChI is InChI=1S/C42H64N8O7/c1-4-25-50(33-18-19-34-31(27-33)10-9-13-38(34)53)26-22-30-14-16-32(17-15-30)48-39(54)21-20-35(43)41(56)46-24-8-5-11-36(40(44)55)49-42(57)37(47-29(3)52)12-6-7-23-45-28(2)51/h9-10,13-17,33,35-37,53H,4-8,11-12,18-27,43H2,1-3H3,(H2,44,55)(H,45,51)(H,46,56)(H,47,52)(H,48,54)(H,49,57)/t33?,35-,36-,37-/m0/s1. The van der Waals surface area contributed by atoms with Gasteiger partial charge in [-0.2, -0.15) is 0 Å². The summed E-state index contributed by atoms with van der Waals surface area (Å²) in [5, 5.41) is 23.8. The number of anilines is 1. The van der Waals surface area contributed by atoms with E-state index in [2.05, 4.69) is 44.5 Å². The van der Waals surface area contributed by atoms with Crippen LogP contribution in [0, 0.1) is 0 Å². The zero-order valence-corrected chi connectivity index (χ0v) is 33.9. The van der Waals surface area contributed by atoms with Crippen molar-refractivity contribution in [2.75, 3.05) is 31.5 Å². The predicted molar refractivity (Wildman–Crippen MR) is 220 cm³/mol. The average molecular weight is 793 g/mol. The van der Waals surface area contributed by atoms with Gasteiger partial charge in [0.25, 0.3) is 0 Å². The highest BCUT2D eigenvalue weighted by Gasteiger charge is 2.26. The van der Waals surface area contributed by atoms with Crippen molar-refractivity contribution in [3.8, 4) is 5.75 Å². The van der Waals surface area contributed by atoms with Gasteiger partial charge in [0.2, 0.25) is 35.4 Å². The monoisotopic (exact) mass is 792 g/mol. The normalized spacial score (nSPS) is 15.1. The molecule has 0 heterocycles. The predicted octanol–water partition coefficient (Wildman–Crippen LogP) is 2.32. The number of nitrogens with zero attached hydrogens (tertiary/aromatic N) is 1. The fourth-order valence-electron chi connectivity index (χ4n) is 7.14. The molecule has 0 aromatic heterocycles. The highest BCUT2D eigenvalue weighted by Crippen LogP contribution is 2.31. The summed E-state index contributed by atoms with van der Waals surface area (Å²) in [6.45, 7) is 7.58. The molecule has 0 spiro atoms. The summed E-state index contributed by atoms with van der Waals surface area (Å²) in [7, 11) is 0. The molecule has 4 atom stereocenters. The van der Waals surface area contributed by atoms with Crippen molar-refractivity contribution in [2.45, 2.75) is 128 Å². The topological polar surface area (TPSA) is 238 Å². The zero-order chi connectivity index (χ0) is 41.7. The third-order valence-electron chi connectivity index (χ3n) is 10.3. The van der Waals surface area contributed by atoms with Crippen LogP contribution in [-0.4, -0.2) is 95.8 Å². The Bertz CT molecular complexity index is 1640. The SMILES string of the molecule is CCCN(CCc1ccc(NC(=O)CC[C@H](N)C(=O)NCCCC[C@H](NC(=O)[C@H](CCCCNC(C)=O)NC(C)=O)C(N)=O)cc1)C1CCc2c(O)cccc2C1. The molecule has 15 heteroatoms. The number of aromatic hydroxyl groups is 1. The minimum Gasteiger partial charge on any atom is -0.508 e. The summed E-state index contributed by atoms with van der Waals surface area (Å²) in [6, 6.07) is 11.4. The number of fused-ring (bicyclic) bond motifs is 1. The first-order chi connectivity index (χ1) is 27.3. The third-order valence-corrected chi connectivity index (χ3v) is 10.3. The molecule has 0 aliphatic heterocycles. The quantitative estimate of drug-likeness (QED) is 0.0688. The molecule has 1 unspecified atom stereocenters. The Labute approximate surface area is 336 Å². The van der Waals surface area contributed by atoms with Crippen molar-refractivity contribution >= 4 is 41.1 Å². The first-order valence-electron chi connectivity index (χ1n) is 20.3. The molecule has 0 radical (unpaired) electrons. The van der Waals surface area contributed by atoms with Crippen molar-refractivity contribution in [3.05, 3.63) is 59.2 Å². The molecule has 314 valence electrons. The van der Waals surface area contributed by atoms with Crippen LogP contribution < -0.4 is 38.1 Å². The van der Waals surface area contributed by atoms with E-state index in [0.29, 0.717) is 56.1 Å². The molecule has 0 saturated carbocycles. The number of hydrogen-bond acceptors (Lipinski definition) is 9. The number of unbranched alkanes of at least 4 members (excludes halogenated alkanes) is 2. The first kappa shape index (κ1) is 46.4. The maximum absolute atomic E-state index is 12.9. The van der Waals surface area contributed by atoms with Gasteiger partial charge in [-0.3, -0.25) is 33.7 Å². The van der Waals surface area contributed by atoms with E-state index in [9.17, 15) is 33.9 Å². The van der Waals surface area contributed by atoms with Gasteiger partial charge in [-0.05, 0) is 118 Å². The van der Waals surface area contributed by atoms with E-state index < -0.39 is 35.8 Å². The number of nitrogens with one attached hydrogen (secondary N) is 5. The molecular formula is C42H64N8O7. The second-order valence-corrected chi connectivity index (χ2v) is 15.0. The summed E-state index contributed by atoms with van der Waals surface area (Å²) < 4.78 is 0. The smallest absolute Gasteiger partial charge is 0.243 e. The van der Waals surface area contributed by atoms with Crippen molar-refractivity contribution < 1.29 is 33.9 Å². The lowest BCUT2D eigenvalue weighted by Gasteiger charge is -2.35. The van der Waals surface area contributed by atoms with Crippen LogP contribution in [0.4, 0.5) is 5.69 Å². The third kappa shape index (κ3) is 16.9. The van der Waals surface area contributed by atoms with Crippen LogP contribution >= 0.6 is 0 Å². The fraction of sp³-hybridized carbons (Fsp3) is 0.571. The molecule has 2 aromatic rings. The number of carbonyl (C=O) groups excluding carboxylic acids is 6. The van der Waals surface area contributed by atoms with Crippen molar-refractivity contribution in [1.82, 2.24) is 26.2 Å². The minimum atomic E-state index is -0.958. The number of hydrogen-bond donors (Lipinski definition) is 8. The van der Waals surface area contributed by atoms with Crippen LogP contribution in [0.15, 0.2) is 42.5 Å². The van der Waals surface area contributed by atoms with Gasteiger partial charge in [0.15, 0.2) is 0 Å². The summed E-state index contributed by atoms with van der Waals surface area (Å²) in [5.41, 5.74) is 15.8. The molecule has 0 fully saturated rings.